The van der Waals surface area contributed by atoms with Crippen LogP contribution in [0.4, 0.5) is 18.9 Å². The largest absolute Gasteiger partial charge is 0.471 e. The predicted octanol–water partition coefficient (Wildman–Crippen LogP) is 3.75. The Hall–Kier alpha value is -3.01. The molecule has 7 nitrogen and oxygen atoms in total. The first-order valence-corrected chi connectivity index (χ1v) is 9.87. The van der Waals surface area contributed by atoms with Crippen LogP contribution in [-0.4, -0.2) is 45.5 Å². The number of hydrazone groups is 1. The van der Waals surface area contributed by atoms with E-state index in [1.807, 2.05) is 12.3 Å². The van der Waals surface area contributed by atoms with Crippen molar-refractivity contribution in [2.24, 2.45) is 15.9 Å². The Labute approximate surface area is 178 Å². The van der Waals surface area contributed by atoms with E-state index in [-0.39, 0.29) is 12.3 Å². The minimum absolute atomic E-state index is 0.0114. The highest BCUT2D eigenvalue weighted by atomic mass is 19.4. The van der Waals surface area contributed by atoms with Crippen LogP contribution in [-0.2, 0) is 19.1 Å². The van der Waals surface area contributed by atoms with Gasteiger partial charge in [0.15, 0.2) is 0 Å². The van der Waals surface area contributed by atoms with Crippen LogP contribution in [0.5, 0.6) is 5.88 Å². The highest BCUT2D eigenvalue weighted by Crippen LogP contribution is 2.28. The molecule has 1 aliphatic rings. The fourth-order valence-electron chi connectivity index (χ4n) is 3.17. The molecule has 2 aromatic heterocycles. The van der Waals surface area contributed by atoms with Gasteiger partial charge < -0.3 is 10.6 Å². The molecule has 0 saturated heterocycles. The van der Waals surface area contributed by atoms with E-state index in [4.69, 9.17) is 10.6 Å². The van der Waals surface area contributed by atoms with Crippen molar-refractivity contribution >= 4 is 17.1 Å². The van der Waals surface area contributed by atoms with E-state index in [1.165, 1.54) is 17.2 Å². The SMILES string of the molecule is C/C(=N/N)C(COc1cc2c(cn1)CN(C(C)C)CC2)=Nc1ccc(C(F)(F)F)nc1. The second-order valence-electron chi connectivity index (χ2n) is 7.57. The molecule has 10 heteroatoms. The van der Waals surface area contributed by atoms with E-state index >= 15 is 0 Å². The van der Waals surface area contributed by atoms with E-state index in [0.29, 0.717) is 23.3 Å². The molecule has 0 aromatic carbocycles. The molecule has 1 aliphatic heterocycles. The fourth-order valence-corrected chi connectivity index (χ4v) is 3.17. The Bertz CT molecular complexity index is 970. The lowest BCUT2D eigenvalue weighted by Gasteiger charge is -2.31. The fraction of sp³-hybridized carbons (Fsp3) is 0.429. The Balaban J connectivity index is 1.73. The van der Waals surface area contributed by atoms with Crippen molar-refractivity contribution in [3.8, 4) is 5.88 Å². The van der Waals surface area contributed by atoms with Crippen LogP contribution in [0, 0.1) is 0 Å². The predicted molar refractivity (Wildman–Crippen MR) is 113 cm³/mol. The lowest BCUT2D eigenvalue weighted by Crippen LogP contribution is -2.35. The van der Waals surface area contributed by atoms with Gasteiger partial charge in [0.2, 0.25) is 5.88 Å². The molecule has 0 aliphatic carbocycles. The summed E-state index contributed by atoms with van der Waals surface area (Å²) in [5.41, 5.74) is 2.39. The number of hydrogen-bond acceptors (Lipinski definition) is 7. The topological polar surface area (TPSA) is 89.0 Å². The summed E-state index contributed by atoms with van der Waals surface area (Å²) in [4.78, 5) is 14.5. The summed E-state index contributed by atoms with van der Waals surface area (Å²) < 4.78 is 43.9. The standard InChI is InChI=1S/C21H25F3N6O/c1-13(2)30-7-6-15-8-20(27-9-16(15)11-30)31-12-18(14(3)29-25)28-17-4-5-19(26-10-17)21(22,23)24/h4-5,8-10,13H,6-7,11-12,25H2,1-3H3/b28-18?,29-14-. The molecule has 0 fully saturated rings. The third kappa shape index (κ3) is 5.78. The number of nitrogens with two attached hydrogens (primary N) is 1. The van der Waals surface area contributed by atoms with Gasteiger partial charge in [-0.1, -0.05) is 0 Å². The van der Waals surface area contributed by atoms with E-state index in [2.05, 4.69) is 38.8 Å². The number of aromatic nitrogens is 2. The van der Waals surface area contributed by atoms with Crippen LogP contribution in [0.25, 0.3) is 0 Å². The molecule has 0 bridgehead atoms. The number of pyridine rings is 2. The number of nitrogens with zero attached hydrogens (tertiary/aromatic N) is 5. The molecule has 0 atom stereocenters. The minimum atomic E-state index is -4.51. The van der Waals surface area contributed by atoms with Gasteiger partial charge in [-0.05, 0) is 50.5 Å². The number of ether oxygens (including phenoxy) is 1. The van der Waals surface area contributed by atoms with Crippen LogP contribution >= 0.6 is 0 Å². The van der Waals surface area contributed by atoms with Crippen molar-refractivity contribution in [3.05, 3.63) is 47.4 Å². The molecule has 0 amide bonds. The molecular formula is C21H25F3N6O. The number of aliphatic imine (C=N–C) groups is 1. The van der Waals surface area contributed by atoms with Gasteiger partial charge in [0.1, 0.15) is 18.0 Å². The van der Waals surface area contributed by atoms with Crippen molar-refractivity contribution in [1.82, 2.24) is 14.9 Å². The molecule has 166 valence electrons. The number of rotatable bonds is 6. The third-order valence-electron chi connectivity index (χ3n) is 5.10. The van der Waals surface area contributed by atoms with Crippen molar-refractivity contribution in [3.63, 3.8) is 0 Å². The van der Waals surface area contributed by atoms with Crippen LogP contribution in [0.1, 0.15) is 37.6 Å². The molecule has 31 heavy (non-hydrogen) atoms. The normalized spacial score (nSPS) is 15.8. The first kappa shape index (κ1) is 22.7. The summed E-state index contributed by atoms with van der Waals surface area (Å²) in [6.07, 6.45) is -0.731. The maximum absolute atomic E-state index is 12.7. The zero-order valence-electron chi connectivity index (χ0n) is 17.6. The monoisotopic (exact) mass is 434 g/mol. The number of alkyl halides is 3. The molecule has 2 aromatic rings. The van der Waals surface area contributed by atoms with Gasteiger partial charge >= 0.3 is 6.18 Å². The van der Waals surface area contributed by atoms with Gasteiger partial charge in [0, 0.05) is 31.4 Å². The third-order valence-corrected chi connectivity index (χ3v) is 5.10. The number of halogens is 3. The summed E-state index contributed by atoms with van der Waals surface area (Å²) in [6, 6.07) is 4.50. The zero-order chi connectivity index (χ0) is 22.6. The molecular weight excluding hydrogens is 409 g/mol. The summed E-state index contributed by atoms with van der Waals surface area (Å²) >= 11 is 0. The first-order chi connectivity index (χ1) is 14.7. The molecule has 3 heterocycles. The van der Waals surface area contributed by atoms with Crippen molar-refractivity contribution < 1.29 is 17.9 Å². The van der Waals surface area contributed by atoms with Crippen molar-refractivity contribution in [2.45, 2.75) is 46.0 Å². The van der Waals surface area contributed by atoms with Crippen LogP contribution < -0.4 is 10.6 Å². The molecule has 0 unspecified atom stereocenters. The first-order valence-electron chi connectivity index (χ1n) is 9.87. The Kier molecular flexibility index (Phi) is 6.89. The van der Waals surface area contributed by atoms with Crippen molar-refractivity contribution in [2.75, 3.05) is 13.2 Å². The molecule has 0 spiro atoms. The Morgan fingerprint density at radius 3 is 2.61 bits per heavy atom. The maximum Gasteiger partial charge on any atom is 0.433 e. The average Bonchev–Trinajstić information content (AvgIpc) is 2.75. The van der Waals surface area contributed by atoms with E-state index in [0.717, 1.165) is 31.8 Å². The lowest BCUT2D eigenvalue weighted by molar-refractivity contribution is -0.141. The van der Waals surface area contributed by atoms with Crippen LogP contribution in [0.2, 0.25) is 0 Å². The van der Waals surface area contributed by atoms with Gasteiger partial charge in [-0.25, -0.2) is 15.0 Å². The highest BCUT2D eigenvalue weighted by molar-refractivity contribution is 6.42. The lowest BCUT2D eigenvalue weighted by atomic mass is 10.0. The van der Waals surface area contributed by atoms with Gasteiger partial charge in [-0.3, -0.25) is 4.90 Å². The smallest absolute Gasteiger partial charge is 0.433 e. The van der Waals surface area contributed by atoms with Gasteiger partial charge in [-0.15, -0.1) is 0 Å². The number of fused-ring (bicyclic) bond motifs is 1. The van der Waals surface area contributed by atoms with Crippen LogP contribution in [0.3, 0.4) is 0 Å². The highest BCUT2D eigenvalue weighted by Gasteiger charge is 2.32. The van der Waals surface area contributed by atoms with E-state index in [1.54, 1.807) is 6.92 Å². The maximum atomic E-state index is 12.7. The quantitative estimate of drug-likeness (QED) is 0.425. The van der Waals surface area contributed by atoms with E-state index in [9.17, 15) is 13.2 Å². The van der Waals surface area contributed by atoms with Gasteiger partial charge in [-0.2, -0.15) is 18.3 Å². The summed E-state index contributed by atoms with van der Waals surface area (Å²) in [5.74, 6) is 5.82. The van der Waals surface area contributed by atoms with Crippen LogP contribution in [0.15, 0.2) is 40.7 Å². The Morgan fingerprint density at radius 1 is 1.23 bits per heavy atom. The molecule has 3 rings (SSSR count). The second kappa shape index (κ2) is 9.42. The summed E-state index contributed by atoms with van der Waals surface area (Å²) in [7, 11) is 0. The van der Waals surface area contributed by atoms with Crippen molar-refractivity contribution in [1.29, 1.82) is 0 Å². The summed E-state index contributed by atoms with van der Waals surface area (Å²) in [6.45, 7) is 7.82. The molecule has 0 saturated carbocycles. The zero-order valence-corrected chi connectivity index (χ0v) is 17.6. The second-order valence-corrected chi connectivity index (χ2v) is 7.57. The van der Waals surface area contributed by atoms with Gasteiger partial charge in [0.25, 0.3) is 0 Å². The molecule has 0 radical (unpaired) electrons. The number of hydrogen-bond donors (Lipinski definition) is 1. The minimum Gasteiger partial charge on any atom is -0.471 e. The average molecular weight is 434 g/mol. The Morgan fingerprint density at radius 2 is 2.00 bits per heavy atom. The van der Waals surface area contributed by atoms with Gasteiger partial charge in [0.05, 0.1) is 17.6 Å². The van der Waals surface area contributed by atoms with E-state index < -0.39 is 11.9 Å². The summed E-state index contributed by atoms with van der Waals surface area (Å²) in [5, 5.41) is 3.63. The molecule has 2 N–H and O–H groups in total.